The van der Waals surface area contributed by atoms with Crippen LogP contribution in [0, 0.1) is 0 Å². The number of rotatable bonds is 4. The number of anilines is 2. The molecule has 3 aliphatic heterocycles. The van der Waals surface area contributed by atoms with Crippen LogP contribution in [0.4, 0.5) is 16.2 Å². The minimum atomic E-state index is -0.622. The number of hydrogen-bond acceptors (Lipinski definition) is 5. The van der Waals surface area contributed by atoms with E-state index in [1.54, 1.807) is 0 Å². The third-order valence-electron chi connectivity index (χ3n) is 12.4. The molecule has 0 bridgehead atoms. The second kappa shape index (κ2) is 13.3. The molecular formula is C48H50N4O3. The third kappa shape index (κ3) is 5.42. The lowest BCUT2D eigenvalue weighted by Crippen LogP contribution is -2.53. The van der Waals surface area contributed by atoms with E-state index in [1.165, 1.54) is 69.5 Å². The van der Waals surface area contributed by atoms with Gasteiger partial charge in [-0.2, -0.15) is 0 Å². The number of fused-ring (bicyclic) bond motifs is 6. The van der Waals surface area contributed by atoms with E-state index in [4.69, 9.17) is 0 Å². The van der Waals surface area contributed by atoms with Gasteiger partial charge in [0.25, 0.3) is 11.8 Å². The normalized spacial score (nSPS) is 22.4. The molecule has 1 aliphatic carbocycles. The molecule has 2 fully saturated rings. The highest BCUT2D eigenvalue weighted by Gasteiger charge is 2.44. The van der Waals surface area contributed by atoms with Gasteiger partial charge in [-0.15, -0.1) is 0 Å². The number of imide groups is 2. The summed E-state index contributed by atoms with van der Waals surface area (Å²) in [6.07, 6.45) is 10.9. The smallest absolute Gasteiger partial charge is 0.333 e. The highest BCUT2D eigenvalue weighted by Crippen LogP contribution is 2.52. The van der Waals surface area contributed by atoms with Gasteiger partial charge in [0.2, 0.25) is 0 Å². The Morgan fingerprint density at radius 1 is 0.564 bits per heavy atom. The van der Waals surface area contributed by atoms with E-state index in [1.807, 2.05) is 0 Å². The number of urea groups is 1. The zero-order chi connectivity index (χ0) is 39.0. The first kappa shape index (κ1) is 36.3. The molecule has 8 rings (SSSR count). The highest BCUT2D eigenvalue weighted by molar-refractivity contribution is 6.29. The van der Waals surface area contributed by atoms with Crippen LogP contribution in [0.2, 0.25) is 0 Å². The lowest BCUT2D eigenvalue weighted by atomic mass is 9.78. The summed E-state index contributed by atoms with van der Waals surface area (Å²) in [4.78, 5) is 47.9. The van der Waals surface area contributed by atoms with E-state index in [0.29, 0.717) is 18.4 Å². The van der Waals surface area contributed by atoms with Gasteiger partial charge in [-0.05, 0) is 107 Å². The predicted molar refractivity (Wildman–Crippen MR) is 224 cm³/mol. The minimum absolute atomic E-state index is 0.0539. The Hall–Kier alpha value is -5.69. The molecule has 280 valence electrons. The van der Waals surface area contributed by atoms with Crippen molar-refractivity contribution < 1.29 is 14.4 Å². The van der Waals surface area contributed by atoms with Crippen molar-refractivity contribution in [2.45, 2.75) is 71.6 Å². The van der Waals surface area contributed by atoms with Gasteiger partial charge in [0.05, 0.1) is 0 Å². The molecule has 3 heterocycles. The fourth-order valence-corrected chi connectivity index (χ4v) is 9.73. The van der Waals surface area contributed by atoms with Crippen LogP contribution in [0.1, 0.15) is 71.9 Å². The van der Waals surface area contributed by atoms with E-state index in [-0.39, 0.29) is 16.4 Å². The Labute approximate surface area is 324 Å². The number of amides is 4. The van der Waals surface area contributed by atoms with E-state index in [9.17, 15) is 14.4 Å². The van der Waals surface area contributed by atoms with Crippen molar-refractivity contribution >= 4 is 50.8 Å². The topological polar surface area (TPSA) is 64.2 Å². The van der Waals surface area contributed by atoms with Crippen molar-refractivity contribution in [1.29, 1.82) is 0 Å². The molecule has 4 aromatic carbocycles. The summed E-state index contributed by atoms with van der Waals surface area (Å²) >= 11 is 0. The maximum Gasteiger partial charge on any atom is 0.333 e. The van der Waals surface area contributed by atoms with Gasteiger partial charge in [0.1, 0.15) is 5.57 Å². The molecular weight excluding hydrogens is 681 g/mol. The fraction of sp³-hybridized carbons (Fsp3) is 0.312. The molecule has 4 aliphatic rings. The van der Waals surface area contributed by atoms with E-state index in [0.717, 1.165) is 40.5 Å². The van der Waals surface area contributed by atoms with Gasteiger partial charge >= 0.3 is 6.03 Å². The molecule has 4 amide bonds. The minimum Gasteiger partial charge on any atom is -0.344 e. The second-order valence-corrected chi connectivity index (χ2v) is 16.2. The Morgan fingerprint density at radius 3 is 1.40 bits per heavy atom. The summed E-state index contributed by atoms with van der Waals surface area (Å²) in [7, 11) is 2.91. The number of hydrogen-bond donors (Lipinski definition) is 0. The quantitative estimate of drug-likeness (QED) is 0.155. The molecule has 4 aromatic rings. The van der Waals surface area contributed by atoms with Crippen molar-refractivity contribution in [1.82, 2.24) is 9.80 Å². The second-order valence-electron chi connectivity index (χ2n) is 16.2. The van der Waals surface area contributed by atoms with Crippen LogP contribution >= 0.6 is 0 Å². The Morgan fingerprint density at radius 2 is 0.982 bits per heavy atom. The number of likely N-dealkylation sites (N-methyl/N-ethyl adjacent to an activating group) is 4. The summed E-state index contributed by atoms with van der Waals surface area (Å²) in [6, 6.07) is 25.4. The molecule has 0 radical (unpaired) electrons. The van der Waals surface area contributed by atoms with Crippen molar-refractivity contribution in [2.24, 2.45) is 0 Å². The molecule has 1 saturated carbocycles. The molecule has 55 heavy (non-hydrogen) atoms. The zero-order valence-electron chi connectivity index (χ0n) is 33.3. The Bertz CT molecular complexity index is 2330. The van der Waals surface area contributed by atoms with Crippen LogP contribution in [0.3, 0.4) is 0 Å². The summed E-state index contributed by atoms with van der Waals surface area (Å²) in [5.74, 6) is -1.12. The lowest BCUT2D eigenvalue weighted by molar-refractivity contribution is -0.134. The summed E-state index contributed by atoms with van der Waals surface area (Å²) < 4.78 is 0. The zero-order valence-corrected chi connectivity index (χ0v) is 33.3. The van der Waals surface area contributed by atoms with Gasteiger partial charge in [-0.25, -0.2) is 4.79 Å². The predicted octanol–water partition coefficient (Wildman–Crippen LogP) is 10.1. The Kier molecular flexibility index (Phi) is 8.75. The number of benzene rings is 4. The number of barbiturate groups is 1. The van der Waals surface area contributed by atoms with Gasteiger partial charge < -0.3 is 9.80 Å². The fourth-order valence-electron chi connectivity index (χ4n) is 9.73. The molecule has 0 atom stereocenters. The summed E-state index contributed by atoms with van der Waals surface area (Å²) in [6.45, 7) is 15.1. The first-order valence-corrected chi connectivity index (χ1v) is 19.6. The molecule has 0 aromatic heterocycles. The largest absolute Gasteiger partial charge is 0.344 e. The van der Waals surface area contributed by atoms with E-state index < -0.39 is 17.8 Å². The van der Waals surface area contributed by atoms with Gasteiger partial charge in [-0.1, -0.05) is 101 Å². The van der Waals surface area contributed by atoms with Crippen molar-refractivity contribution in [3.05, 3.63) is 142 Å². The average Bonchev–Trinajstić information content (AvgIpc) is 3.56. The van der Waals surface area contributed by atoms with Crippen LogP contribution in [0.25, 0.3) is 21.5 Å². The van der Waals surface area contributed by atoms with Gasteiger partial charge in [0.15, 0.2) is 0 Å². The summed E-state index contributed by atoms with van der Waals surface area (Å²) in [5, 5.41) is 4.93. The highest BCUT2D eigenvalue weighted by atomic mass is 16.2. The van der Waals surface area contributed by atoms with Crippen LogP contribution in [-0.2, 0) is 20.4 Å². The SMILES string of the molecule is CCN1C(=C/C=C2\CCC/C(=C\C=C3\N(CC)c4ccc5ccccc5c4C3(C)C)C2=C2C(=O)N(C)C(=O)N(C)C2=O)C(C)(C)c2c1ccc1ccccc21. The number of carbonyl (C=O) groups is 3. The maximum atomic E-state index is 14.1. The number of carbonyl (C=O) groups excluding carboxylic acids is 3. The van der Waals surface area contributed by atoms with E-state index in [2.05, 4.69) is 148 Å². The Balaban J connectivity index is 1.30. The molecule has 7 heteroatoms. The monoisotopic (exact) mass is 730 g/mol. The van der Waals surface area contributed by atoms with Crippen molar-refractivity contribution in [3.63, 3.8) is 0 Å². The third-order valence-corrected chi connectivity index (χ3v) is 12.4. The summed E-state index contributed by atoms with van der Waals surface area (Å²) in [5.41, 5.74) is 9.31. The first-order chi connectivity index (χ1) is 26.3. The van der Waals surface area contributed by atoms with E-state index >= 15 is 0 Å². The number of allylic oxidation sites excluding steroid dienone is 9. The lowest BCUT2D eigenvalue weighted by Gasteiger charge is -2.33. The maximum absolute atomic E-state index is 14.1. The van der Waals surface area contributed by atoms with Crippen LogP contribution in [0.5, 0.6) is 0 Å². The van der Waals surface area contributed by atoms with Gasteiger partial charge in [0, 0.05) is 60.8 Å². The van der Waals surface area contributed by atoms with Crippen LogP contribution in [0.15, 0.2) is 131 Å². The molecule has 0 unspecified atom stereocenters. The standard InChI is InChI=1S/C48H50N4O3/c1-9-51-36-26-22-30-16-11-13-20-34(30)42(36)47(3,4)38(51)28-24-32-18-15-19-33(40(32)41-44(53)49(7)46(55)50(8)45(41)54)25-29-39-48(5,6)43-35-21-14-12-17-31(35)23-27-37(43)52(39)10-2/h11-14,16-17,20-29H,9-10,15,18-19H2,1-8H3/b32-24+,33-25+,38-28+,39-29?. The average molecular weight is 731 g/mol. The number of nitrogens with zero attached hydrogens (tertiary/aromatic N) is 4. The van der Waals surface area contributed by atoms with Crippen LogP contribution in [-0.4, -0.2) is 54.8 Å². The molecule has 0 spiro atoms. The molecule has 7 nitrogen and oxygen atoms in total. The molecule has 1 saturated heterocycles. The van der Waals surface area contributed by atoms with Gasteiger partial charge in [-0.3, -0.25) is 19.4 Å². The van der Waals surface area contributed by atoms with Crippen molar-refractivity contribution in [2.75, 3.05) is 37.0 Å². The van der Waals surface area contributed by atoms with Crippen LogP contribution < -0.4 is 9.80 Å². The van der Waals surface area contributed by atoms with Crippen molar-refractivity contribution in [3.8, 4) is 0 Å². The molecule has 0 N–H and O–H groups in total. The first-order valence-electron chi connectivity index (χ1n) is 19.6.